The van der Waals surface area contributed by atoms with Crippen LogP contribution in [0, 0.1) is 0 Å². The third kappa shape index (κ3) is 2.93. The van der Waals surface area contributed by atoms with Crippen molar-refractivity contribution < 1.29 is 9.53 Å². The molecule has 6 nitrogen and oxygen atoms in total. The van der Waals surface area contributed by atoms with Gasteiger partial charge in [0.25, 0.3) is 5.56 Å². The molecule has 2 aromatic heterocycles. The Bertz CT molecular complexity index is 848. The first-order valence-electron chi connectivity index (χ1n) is 7.26. The Balaban J connectivity index is 1.99. The Morgan fingerprint density at radius 3 is 2.52 bits per heavy atom. The second-order valence-corrected chi connectivity index (χ2v) is 7.32. The Morgan fingerprint density at radius 1 is 1.17 bits per heavy atom. The monoisotopic (exact) mass is 357 g/mol. The quantitative estimate of drug-likeness (QED) is 0.757. The normalized spacial score (nSPS) is 14.9. The minimum absolute atomic E-state index is 0.0400. The molecule has 0 fully saturated rings. The number of aromatic nitrogens is 2. The Labute approximate surface area is 142 Å². The summed E-state index contributed by atoms with van der Waals surface area (Å²) in [4.78, 5) is 31.6. The smallest absolute Gasteiger partial charge is 0.410 e. The first kappa shape index (κ1) is 16.2. The molecule has 0 spiro atoms. The zero-order valence-electron chi connectivity index (χ0n) is 13.0. The van der Waals surface area contributed by atoms with Crippen molar-refractivity contribution in [3.8, 4) is 0 Å². The first-order chi connectivity index (χ1) is 10.7. The predicted octanol–water partition coefficient (Wildman–Crippen LogP) is 3.46. The number of halogens is 2. The van der Waals surface area contributed by atoms with E-state index in [-0.39, 0.29) is 16.1 Å². The van der Waals surface area contributed by atoms with Crippen LogP contribution in [0.3, 0.4) is 0 Å². The zero-order chi connectivity index (χ0) is 16.9. The highest BCUT2D eigenvalue weighted by molar-refractivity contribution is 6.44. The van der Waals surface area contributed by atoms with Crippen LogP contribution < -0.4 is 5.56 Å². The number of nitrogens with one attached hydrogen (secondary N) is 2. The standard InChI is InChI=1S/C15H17Cl2N3O3/c1-15(2,3)23-14(22)20-5-4-8-7(6-20)11-12(18-8)9(16)10(17)13(21)19-11/h18H,4-6H2,1-3H3,(H,19,21). The second-order valence-electron chi connectivity index (χ2n) is 6.57. The summed E-state index contributed by atoms with van der Waals surface area (Å²) < 4.78 is 5.41. The molecule has 0 bridgehead atoms. The third-order valence-electron chi connectivity index (χ3n) is 3.67. The molecule has 1 aliphatic rings. The highest BCUT2D eigenvalue weighted by Crippen LogP contribution is 2.32. The minimum atomic E-state index is -0.553. The number of pyridine rings is 1. The van der Waals surface area contributed by atoms with Crippen molar-refractivity contribution in [2.75, 3.05) is 6.54 Å². The van der Waals surface area contributed by atoms with E-state index in [9.17, 15) is 9.59 Å². The Morgan fingerprint density at radius 2 is 1.87 bits per heavy atom. The molecule has 1 amide bonds. The highest BCUT2D eigenvalue weighted by atomic mass is 35.5. The molecule has 2 aromatic rings. The number of ether oxygens (including phenoxy) is 1. The van der Waals surface area contributed by atoms with Crippen LogP contribution in [-0.4, -0.2) is 33.1 Å². The van der Waals surface area contributed by atoms with E-state index >= 15 is 0 Å². The Kier molecular flexibility index (Phi) is 3.84. The Hall–Kier alpha value is -1.66. The summed E-state index contributed by atoms with van der Waals surface area (Å²) in [6.45, 7) is 6.35. The van der Waals surface area contributed by atoms with Crippen LogP contribution in [0.4, 0.5) is 4.79 Å². The van der Waals surface area contributed by atoms with E-state index in [2.05, 4.69) is 9.97 Å². The number of carbonyl (C=O) groups excluding carboxylic acids is 1. The average Bonchev–Trinajstić information content (AvgIpc) is 2.81. The molecular formula is C15H17Cl2N3O3. The van der Waals surface area contributed by atoms with Crippen LogP contribution >= 0.6 is 23.2 Å². The van der Waals surface area contributed by atoms with Crippen LogP contribution in [0.1, 0.15) is 32.0 Å². The van der Waals surface area contributed by atoms with Gasteiger partial charge in [-0.15, -0.1) is 0 Å². The fourth-order valence-corrected chi connectivity index (χ4v) is 3.03. The van der Waals surface area contributed by atoms with Gasteiger partial charge in [-0.1, -0.05) is 23.2 Å². The zero-order valence-corrected chi connectivity index (χ0v) is 14.6. The molecule has 0 aromatic carbocycles. The molecule has 0 atom stereocenters. The van der Waals surface area contributed by atoms with Crippen LogP contribution in [0.5, 0.6) is 0 Å². The maximum Gasteiger partial charge on any atom is 0.410 e. The number of carbonyl (C=O) groups is 1. The molecule has 2 N–H and O–H groups in total. The van der Waals surface area contributed by atoms with Crippen molar-refractivity contribution in [1.29, 1.82) is 0 Å². The molecule has 0 aliphatic carbocycles. The number of hydrogen-bond donors (Lipinski definition) is 2. The lowest BCUT2D eigenvalue weighted by Gasteiger charge is -2.30. The van der Waals surface area contributed by atoms with Gasteiger partial charge in [0.2, 0.25) is 0 Å². The van der Waals surface area contributed by atoms with Gasteiger partial charge in [0.05, 0.1) is 22.6 Å². The number of nitrogens with zero attached hydrogens (tertiary/aromatic N) is 1. The van der Waals surface area contributed by atoms with Gasteiger partial charge in [-0.25, -0.2) is 4.79 Å². The number of fused-ring (bicyclic) bond motifs is 3. The molecule has 23 heavy (non-hydrogen) atoms. The van der Waals surface area contributed by atoms with Gasteiger partial charge < -0.3 is 19.6 Å². The summed E-state index contributed by atoms with van der Waals surface area (Å²) in [6, 6.07) is 0. The third-order valence-corrected chi connectivity index (χ3v) is 4.51. The summed E-state index contributed by atoms with van der Waals surface area (Å²) in [5.41, 5.74) is 1.97. The van der Waals surface area contributed by atoms with Crippen molar-refractivity contribution in [1.82, 2.24) is 14.9 Å². The SMILES string of the molecule is CC(C)(C)OC(=O)N1CCc2[nH]c3c(Cl)c(Cl)c(=O)[nH]c3c2C1. The van der Waals surface area contributed by atoms with Gasteiger partial charge in [-0.05, 0) is 20.8 Å². The van der Waals surface area contributed by atoms with Crippen molar-refractivity contribution in [3.63, 3.8) is 0 Å². The van der Waals surface area contributed by atoms with E-state index in [1.165, 1.54) is 0 Å². The van der Waals surface area contributed by atoms with Gasteiger partial charge in [-0.3, -0.25) is 4.79 Å². The lowest BCUT2D eigenvalue weighted by Crippen LogP contribution is -2.39. The molecule has 0 saturated heterocycles. The summed E-state index contributed by atoms with van der Waals surface area (Å²) >= 11 is 12.0. The van der Waals surface area contributed by atoms with E-state index < -0.39 is 11.2 Å². The molecule has 0 radical (unpaired) electrons. The minimum Gasteiger partial charge on any atom is -0.444 e. The molecule has 3 rings (SSSR count). The lowest BCUT2D eigenvalue weighted by molar-refractivity contribution is 0.0224. The molecule has 124 valence electrons. The van der Waals surface area contributed by atoms with E-state index in [0.29, 0.717) is 30.5 Å². The maximum absolute atomic E-state index is 12.2. The molecule has 3 heterocycles. The van der Waals surface area contributed by atoms with E-state index in [1.807, 2.05) is 20.8 Å². The van der Waals surface area contributed by atoms with Crippen molar-refractivity contribution in [3.05, 3.63) is 31.7 Å². The van der Waals surface area contributed by atoms with Crippen LogP contribution in [-0.2, 0) is 17.7 Å². The van der Waals surface area contributed by atoms with Gasteiger partial charge in [0, 0.05) is 24.2 Å². The van der Waals surface area contributed by atoms with Gasteiger partial charge >= 0.3 is 6.09 Å². The fraction of sp³-hybridized carbons (Fsp3) is 0.467. The van der Waals surface area contributed by atoms with Crippen LogP contribution in [0.2, 0.25) is 10.0 Å². The van der Waals surface area contributed by atoms with E-state index in [4.69, 9.17) is 27.9 Å². The largest absolute Gasteiger partial charge is 0.444 e. The highest BCUT2D eigenvalue weighted by Gasteiger charge is 2.29. The fourth-order valence-electron chi connectivity index (χ4n) is 2.66. The first-order valence-corrected chi connectivity index (χ1v) is 8.01. The number of H-pyrrole nitrogens is 2. The van der Waals surface area contributed by atoms with Crippen LogP contribution in [0.15, 0.2) is 4.79 Å². The summed E-state index contributed by atoms with van der Waals surface area (Å²) in [6.07, 6.45) is 0.249. The van der Waals surface area contributed by atoms with Crippen molar-refractivity contribution in [2.45, 2.75) is 39.3 Å². The summed E-state index contributed by atoms with van der Waals surface area (Å²) in [5, 5.41) is 0.158. The average molecular weight is 358 g/mol. The summed E-state index contributed by atoms with van der Waals surface area (Å²) in [7, 11) is 0. The molecule has 8 heteroatoms. The number of hydrogen-bond acceptors (Lipinski definition) is 3. The van der Waals surface area contributed by atoms with E-state index in [0.717, 1.165) is 11.3 Å². The maximum atomic E-state index is 12.2. The number of amides is 1. The molecule has 1 aliphatic heterocycles. The molecule has 0 unspecified atom stereocenters. The lowest BCUT2D eigenvalue weighted by atomic mass is 10.1. The topological polar surface area (TPSA) is 78.2 Å². The number of rotatable bonds is 0. The predicted molar refractivity (Wildman–Crippen MR) is 89.3 cm³/mol. The van der Waals surface area contributed by atoms with Gasteiger partial charge in [0.15, 0.2) is 0 Å². The molecular weight excluding hydrogens is 341 g/mol. The van der Waals surface area contributed by atoms with E-state index in [1.54, 1.807) is 4.90 Å². The van der Waals surface area contributed by atoms with Crippen molar-refractivity contribution in [2.24, 2.45) is 0 Å². The van der Waals surface area contributed by atoms with Gasteiger partial charge in [0.1, 0.15) is 10.6 Å². The number of aromatic amines is 2. The van der Waals surface area contributed by atoms with Crippen molar-refractivity contribution >= 4 is 40.3 Å². The molecule has 0 saturated carbocycles. The second kappa shape index (κ2) is 5.46. The van der Waals surface area contributed by atoms with Crippen LogP contribution in [0.25, 0.3) is 11.0 Å². The van der Waals surface area contributed by atoms with Gasteiger partial charge in [-0.2, -0.15) is 0 Å². The summed E-state index contributed by atoms with van der Waals surface area (Å²) in [5.74, 6) is 0.